The summed E-state index contributed by atoms with van der Waals surface area (Å²) >= 11 is 3.07. The van der Waals surface area contributed by atoms with Crippen LogP contribution in [0.3, 0.4) is 0 Å². The molecule has 4 aromatic heterocycles. The maximum Gasteiger partial charge on any atom is 0.189 e. The van der Waals surface area contributed by atoms with E-state index in [0.29, 0.717) is 0 Å². The molecule has 1 N–H and O–H groups in total. The van der Waals surface area contributed by atoms with Crippen LogP contribution in [0.1, 0.15) is 0 Å². The van der Waals surface area contributed by atoms with Crippen molar-refractivity contribution in [1.29, 1.82) is 0 Å². The molecular formula is C16H13Br2N5S2. The van der Waals surface area contributed by atoms with E-state index in [-0.39, 0.29) is 34.0 Å². The number of nitrogens with zero attached hydrogens (tertiary/aromatic N) is 4. The van der Waals surface area contributed by atoms with E-state index in [1.807, 2.05) is 47.2 Å². The predicted octanol–water partition coefficient (Wildman–Crippen LogP) is 5.62. The quantitative estimate of drug-likeness (QED) is 0.395. The molecule has 25 heavy (non-hydrogen) atoms. The van der Waals surface area contributed by atoms with Crippen molar-refractivity contribution < 1.29 is 0 Å². The summed E-state index contributed by atoms with van der Waals surface area (Å²) < 4.78 is 0. The van der Waals surface area contributed by atoms with Crippen LogP contribution in [0, 0.1) is 0 Å². The van der Waals surface area contributed by atoms with Gasteiger partial charge in [0.25, 0.3) is 0 Å². The third kappa shape index (κ3) is 4.69. The van der Waals surface area contributed by atoms with Crippen molar-refractivity contribution in [3.63, 3.8) is 0 Å². The monoisotopic (exact) mass is 497 g/mol. The summed E-state index contributed by atoms with van der Waals surface area (Å²) in [5.74, 6) is 0. The van der Waals surface area contributed by atoms with Crippen LogP contribution >= 0.6 is 56.6 Å². The highest BCUT2D eigenvalue weighted by atomic mass is 79.9. The van der Waals surface area contributed by atoms with Gasteiger partial charge in [0.05, 0.1) is 11.4 Å². The van der Waals surface area contributed by atoms with Gasteiger partial charge in [0.2, 0.25) is 0 Å². The Kier molecular flexibility index (Phi) is 7.18. The standard InChI is InChI=1S/C16H11N5S2.2BrH/c1-3-7-17-11(5-1)13-9-22-15(19-13)21-16-20-14(10-23-16)12-6-2-4-8-18-12;;/h1-10H,(H,19,20,21);2*1H. The lowest BCUT2D eigenvalue weighted by molar-refractivity contribution is 1.26. The normalized spacial score (nSPS) is 9.76. The van der Waals surface area contributed by atoms with Crippen molar-refractivity contribution in [2.24, 2.45) is 0 Å². The van der Waals surface area contributed by atoms with Crippen LogP contribution in [0.2, 0.25) is 0 Å². The number of pyridine rings is 2. The number of hydrogen-bond donors (Lipinski definition) is 1. The van der Waals surface area contributed by atoms with Crippen LogP contribution in [-0.4, -0.2) is 19.9 Å². The lowest BCUT2D eigenvalue weighted by atomic mass is 10.3. The molecule has 4 heterocycles. The minimum Gasteiger partial charge on any atom is -0.307 e. The van der Waals surface area contributed by atoms with E-state index in [1.165, 1.54) is 22.7 Å². The number of rotatable bonds is 4. The maximum atomic E-state index is 4.55. The highest BCUT2D eigenvalue weighted by Crippen LogP contribution is 2.29. The molecule has 0 unspecified atom stereocenters. The SMILES string of the molecule is Br.Br.c1ccc(-c2csc(Nc3nc(-c4ccccn4)cs3)n2)nc1. The number of hydrogen-bond acceptors (Lipinski definition) is 7. The first-order valence-corrected chi connectivity index (χ1v) is 8.65. The number of nitrogens with one attached hydrogen (secondary N) is 1. The molecule has 9 heteroatoms. The fourth-order valence-corrected chi connectivity index (χ4v) is 3.49. The van der Waals surface area contributed by atoms with Gasteiger partial charge < -0.3 is 5.32 Å². The van der Waals surface area contributed by atoms with E-state index in [9.17, 15) is 0 Å². The van der Waals surface area contributed by atoms with Gasteiger partial charge in [0, 0.05) is 23.2 Å². The van der Waals surface area contributed by atoms with Crippen molar-refractivity contribution in [3.05, 3.63) is 59.6 Å². The van der Waals surface area contributed by atoms with Crippen molar-refractivity contribution in [1.82, 2.24) is 19.9 Å². The minimum atomic E-state index is 0. The number of thiazole rings is 2. The average Bonchev–Trinajstić information content (AvgIpc) is 3.27. The molecule has 0 bridgehead atoms. The summed E-state index contributed by atoms with van der Waals surface area (Å²) in [4.78, 5) is 17.7. The summed E-state index contributed by atoms with van der Waals surface area (Å²) in [5, 5.41) is 8.81. The molecule has 0 aliphatic heterocycles. The fraction of sp³-hybridized carbons (Fsp3) is 0. The van der Waals surface area contributed by atoms with Gasteiger partial charge in [0.1, 0.15) is 11.4 Å². The Morgan fingerprint density at radius 1 is 0.640 bits per heavy atom. The van der Waals surface area contributed by atoms with Crippen molar-refractivity contribution in [3.8, 4) is 22.8 Å². The van der Waals surface area contributed by atoms with Crippen LogP contribution in [0.25, 0.3) is 22.8 Å². The molecule has 128 valence electrons. The molecule has 4 rings (SSSR count). The molecular weight excluding hydrogens is 486 g/mol. The first kappa shape index (κ1) is 19.6. The highest BCUT2D eigenvalue weighted by molar-refractivity contribution is 8.93. The predicted molar refractivity (Wildman–Crippen MR) is 115 cm³/mol. The van der Waals surface area contributed by atoms with Gasteiger partial charge in [-0.2, -0.15) is 0 Å². The van der Waals surface area contributed by atoms with E-state index in [4.69, 9.17) is 0 Å². The van der Waals surface area contributed by atoms with Gasteiger partial charge in [-0.25, -0.2) is 9.97 Å². The van der Waals surface area contributed by atoms with Crippen LogP contribution in [0.5, 0.6) is 0 Å². The van der Waals surface area contributed by atoms with Crippen molar-refractivity contribution >= 4 is 66.9 Å². The van der Waals surface area contributed by atoms with Crippen molar-refractivity contribution in [2.75, 3.05) is 5.32 Å². The van der Waals surface area contributed by atoms with Crippen LogP contribution in [-0.2, 0) is 0 Å². The Hall–Kier alpha value is -1.68. The molecule has 0 saturated carbocycles. The molecule has 0 atom stereocenters. The summed E-state index contributed by atoms with van der Waals surface area (Å²) in [5.41, 5.74) is 3.45. The van der Waals surface area contributed by atoms with Gasteiger partial charge in [-0.1, -0.05) is 12.1 Å². The number of halogens is 2. The lowest BCUT2D eigenvalue weighted by Gasteiger charge is -1.97. The van der Waals surface area contributed by atoms with Crippen LogP contribution in [0.4, 0.5) is 10.3 Å². The molecule has 0 amide bonds. The van der Waals surface area contributed by atoms with Gasteiger partial charge in [-0.3, -0.25) is 9.97 Å². The number of anilines is 2. The first-order valence-electron chi connectivity index (χ1n) is 6.89. The maximum absolute atomic E-state index is 4.55. The van der Waals surface area contributed by atoms with Gasteiger partial charge >= 0.3 is 0 Å². The average molecular weight is 499 g/mol. The first-order chi connectivity index (χ1) is 11.4. The zero-order valence-electron chi connectivity index (χ0n) is 12.7. The fourth-order valence-electron chi connectivity index (χ4n) is 2.02. The Balaban J connectivity index is 0.00000113. The van der Waals surface area contributed by atoms with E-state index in [2.05, 4.69) is 25.3 Å². The summed E-state index contributed by atoms with van der Waals surface area (Å²) in [6, 6.07) is 11.6. The Bertz CT molecular complexity index is 837. The van der Waals surface area contributed by atoms with Gasteiger partial charge in [-0.05, 0) is 24.3 Å². The van der Waals surface area contributed by atoms with E-state index < -0.39 is 0 Å². The van der Waals surface area contributed by atoms with E-state index >= 15 is 0 Å². The lowest BCUT2D eigenvalue weighted by Crippen LogP contribution is -1.90. The minimum absolute atomic E-state index is 0. The zero-order chi connectivity index (χ0) is 15.5. The molecule has 0 aliphatic carbocycles. The molecule has 0 saturated heterocycles. The molecule has 4 aromatic rings. The second-order valence-corrected chi connectivity index (χ2v) is 6.35. The molecule has 0 fully saturated rings. The van der Waals surface area contributed by atoms with E-state index in [1.54, 1.807) is 12.4 Å². The van der Waals surface area contributed by atoms with Gasteiger partial charge in [0.15, 0.2) is 10.3 Å². The molecule has 5 nitrogen and oxygen atoms in total. The van der Waals surface area contributed by atoms with Crippen LogP contribution in [0.15, 0.2) is 59.6 Å². The smallest absolute Gasteiger partial charge is 0.189 e. The second-order valence-electron chi connectivity index (χ2n) is 4.63. The number of aromatic nitrogens is 4. The van der Waals surface area contributed by atoms with Gasteiger partial charge in [-0.15, -0.1) is 56.6 Å². The van der Waals surface area contributed by atoms with E-state index in [0.717, 1.165) is 33.0 Å². The van der Waals surface area contributed by atoms with Crippen molar-refractivity contribution in [2.45, 2.75) is 0 Å². The summed E-state index contributed by atoms with van der Waals surface area (Å²) in [7, 11) is 0. The largest absolute Gasteiger partial charge is 0.307 e. The Morgan fingerprint density at radius 2 is 1.12 bits per heavy atom. The zero-order valence-corrected chi connectivity index (χ0v) is 17.8. The molecule has 0 aliphatic rings. The summed E-state index contributed by atoms with van der Waals surface area (Å²) in [6.45, 7) is 0. The molecule has 0 aromatic carbocycles. The summed E-state index contributed by atoms with van der Waals surface area (Å²) in [6.07, 6.45) is 3.53. The second kappa shape index (κ2) is 9.14. The Morgan fingerprint density at radius 3 is 1.52 bits per heavy atom. The molecule has 0 radical (unpaired) electrons. The highest BCUT2D eigenvalue weighted by Gasteiger charge is 2.09. The third-order valence-electron chi connectivity index (χ3n) is 3.08. The Labute approximate surface area is 173 Å². The van der Waals surface area contributed by atoms with Crippen LogP contribution < -0.4 is 5.32 Å². The molecule has 0 spiro atoms. The third-order valence-corrected chi connectivity index (χ3v) is 4.59. The topological polar surface area (TPSA) is 63.6 Å².